The van der Waals surface area contributed by atoms with Crippen LogP contribution in [-0.4, -0.2) is 120 Å². The van der Waals surface area contributed by atoms with Gasteiger partial charge in [-0.05, 0) is 92.1 Å². The van der Waals surface area contributed by atoms with Crippen molar-refractivity contribution in [2.24, 2.45) is 5.73 Å². The van der Waals surface area contributed by atoms with Crippen LogP contribution in [0.25, 0.3) is 55.2 Å². The molecule has 3 aromatic carbocycles. The van der Waals surface area contributed by atoms with E-state index >= 15 is 8.78 Å². The van der Waals surface area contributed by atoms with E-state index in [2.05, 4.69) is 20.8 Å². The summed E-state index contributed by atoms with van der Waals surface area (Å²) in [6.45, 7) is 3.66. The second kappa shape index (κ2) is 18.1. The molecule has 7 aromatic rings. The Bertz CT molecular complexity index is 3800. The number of pyridine rings is 3. The van der Waals surface area contributed by atoms with Crippen molar-refractivity contribution in [2.75, 3.05) is 44.3 Å². The second-order valence-electron chi connectivity index (χ2n) is 21.1. The summed E-state index contributed by atoms with van der Waals surface area (Å²) in [4.78, 5) is 65.7. The van der Waals surface area contributed by atoms with E-state index in [1.165, 1.54) is 30.5 Å². The fourth-order valence-electron chi connectivity index (χ4n) is 13.2. The lowest BCUT2D eigenvalue weighted by molar-refractivity contribution is -0.172. The predicted octanol–water partition coefficient (Wildman–Crippen LogP) is 6.27. The number of carbonyl (C=O) groups excluding carboxylic acids is 2. The van der Waals surface area contributed by atoms with Crippen molar-refractivity contribution in [3.63, 3.8) is 0 Å². The molecule has 0 spiro atoms. The number of anilines is 1. The number of amides is 1. The highest BCUT2D eigenvalue weighted by atomic mass is 19.1. The highest BCUT2D eigenvalue weighted by Gasteiger charge is 2.50. The zero-order valence-electron chi connectivity index (χ0n) is 42.0. The van der Waals surface area contributed by atoms with Gasteiger partial charge in [0.2, 0.25) is 5.91 Å². The molecule has 4 N–H and O–H groups in total. The summed E-state index contributed by atoms with van der Waals surface area (Å²) in [6.07, 6.45) is 9.66. The van der Waals surface area contributed by atoms with Gasteiger partial charge in [-0.3, -0.25) is 19.5 Å². The first-order valence-electron chi connectivity index (χ1n) is 26.0. The number of fused-ring (bicyclic) bond motifs is 10. The monoisotopic (exact) mass is 1050 g/mol. The first-order valence-corrected chi connectivity index (χ1v) is 26.0. The van der Waals surface area contributed by atoms with Crippen molar-refractivity contribution in [3.05, 3.63) is 105 Å². The molecule has 13 rings (SSSR count). The number of phenols is 1. The van der Waals surface area contributed by atoms with Gasteiger partial charge in [-0.1, -0.05) is 18.9 Å². The number of aliphatic hydroxyl groups is 1. The summed E-state index contributed by atoms with van der Waals surface area (Å²) in [5, 5.41) is 23.7. The zero-order chi connectivity index (χ0) is 53.2. The Balaban J connectivity index is 0.757. The minimum Gasteiger partial charge on any atom is -0.508 e. The summed E-state index contributed by atoms with van der Waals surface area (Å²) >= 11 is 0. The molecule has 20 heteroatoms. The number of hydrogen-bond acceptors (Lipinski definition) is 15. The number of esters is 1. The molecule has 1 amide bonds. The number of nitrogens with two attached hydrogens (primary N) is 1. The molecular formula is C57H52F3N9O8. The van der Waals surface area contributed by atoms with Crippen molar-refractivity contribution in [1.29, 1.82) is 0 Å². The summed E-state index contributed by atoms with van der Waals surface area (Å²) in [5.74, 6) is 0.558. The van der Waals surface area contributed by atoms with Gasteiger partial charge < -0.3 is 44.5 Å². The number of rotatable bonds is 11. The standard InChI is InChI=1S/C57H52F3N9O8/c1-3-35-43(59)10-6-29-16-33(70)17-37(47(29)35)50-48(60)51-39(22-62-50)52(65-55(64-51)77-28-56-13-5-14-67(56)23-30(58)20-56)66-24-31-7-8-32(25-66)69(31)46(71)12-15-75-34-9-11-44-36(18-34)38(21-61)40-26-68-45(49(40)63-44)19-42-41(53(68)72)27-76-54(73)57(42,74)4-2/h1,6,9-11,16-19,22,30-32,70,74H,4-5,7-8,12-15,20-21,23-28,61H2,2H3/t30-,31?,32?,56+,57+/m1/s1. The number of phenolic OH excluding ortho intramolecular Hbond substituents is 1. The van der Waals surface area contributed by atoms with Gasteiger partial charge >= 0.3 is 12.0 Å². The van der Waals surface area contributed by atoms with Crippen LogP contribution < -0.4 is 25.7 Å². The molecule has 2 bridgehead atoms. The lowest BCUT2D eigenvalue weighted by Gasteiger charge is -2.42. The fraction of sp³-hybridized carbons (Fsp3) is 0.386. The van der Waals surface area contributed by atoms with Crippen LogP contribution in [0.3, 0.4) is 0 Å². The van der Waals surface area contributed by atoms with Crippen LogP contribution >= 0.6 is 0 Å². The highest BCUT2D eigenvalue weighted by Crippen LogP contribution is 2.45. The molecule has 394 valence electrons. The molecule has 0 aliphatic carbocycles. The molecule has 2 unspecified atom stereocenters. The third kappa shape index (κ3) is 7.59. The number of aromatic hydroxyl groups is 1. The molecule has 17 nitrogen and oxygen atoms in total. The molecule has 0 saturated carbocycles. The van der Waals surface area contributed by atoms with Crippen LogP contribution in [0.15, 0.2) is 59.5 Å². The summed E-state index contributed by atoms with van der Waals surface area (Å²) < 4.78 is 66.7. The number of carbonyl (C=O) groups is 2. The molecule has 5 atom stereocenters. The number of nitrogens with zero attached hydrogens (tertiary/aromatic N) is 8. The third-order valence-corrected chi connectivity index (χ3v) is 17.0. The van der Waals surface area contributed by atoms with Crippen molar-refractivity contribution >= 4 is 50.3 Å². The van der Waals surface area contributed by atoms with Crippen LogP contribution in [0.5, 0.6) is 17.5 Å². The van der Waals surface area contributed by atoms with E-state index in [-0.39, 0.29) is 125 Å². The van der Waals surface area contributed by atoms with Gasteiger partial charge in [-0.15, -0.1) is 6.42 Å². The normalized spacial score (nSPS) is 23.3. The van der Waals surface area contributed by atoms with Crippen LogP contribution in [-0.2, 0) is 39.6 Å². The quantitative estimate of drug-likeness (QED) is 0.0964. The Hall–Kier alpha value is -7.86. The van der Waals surface area contributed by atoms with E-state index in [0.29, 0.717) is 72.8 Å². The van der Waals surface area contributed by atoms with E-state index in [1.807, 2.05) is 15.9 Å². The lowest BCUT2D eigenvalue weighted by Crippen LogP contribution is -2.56. The van der Waals surface area contributed by atoms with Crippen molar-refractivity contribution in [2.45, 2.75) is 101 Å². The van der Waals surface area contributed by atoms with Crippen LogP contribution in [0, 0.1) is 24.0 Å². The van der Waals surface area contributed by atoms with Crippen molar-refractivity contribution in [3.8, 4) is 52.5 Å². The molecule has 6 aliphatic rings. The maximum absolute atomic E-state index is 17.4. The minimum atomic E-state index is -1.95. The average Bonchev–Trinajstić information content (AvgIpc) is 4.32. The molecule has 4 fully saturated rings. The number of ether oxygens (including phenoxy) is 3. The van der Waals surface area contributed by atoms with Gasteiger partial charge in [0, 0.05) is 78.3 Å². The van der Waals surface area contributed by atoms with E-state index in [9.17, 15) is 29.0 Å². The summed E-state index contributed by atoms with van der Waals surface area (Å²) in [6, 6.07) is 11.8. The number of halogens is 3. The fourth-order valence-corrected chi connectivity index (χ4v) is 13.2. The number of terminal acetylenes is 1. The van der Waals surface area contributed by atoms with Gasteiger partial charge in [-0.25, -0.2) is 22.9 Å². The van der Waals surface area contributed by atoms with Gasteiger partial charge in [0.15, 0.2) is 11.4 Å². The Morgan fingerprint density at radius 1 is 1.00 bits per heavy atom. The topological polar surface area (TPSA) is 212 Å². The van der Waals surface area contributed by atoms with Gasteiger partial charge in [0.1, 0.15) is 53.7 Å². The van der Waals surface area contributed by atoms with E-state index in [0.717, 1.165) is 35.9 Å². The maximum Gasteiger partial charge on any atom is 0.343 e. The van der Waals surface area contributed by atoms with Gasteiger partial charge in [0.05, 0.1) is 58.5 Å². The molecular weight excluding hydrogens is 996 g/mol. The zero-order valence-corrected chi connectivity index (χ0v) is 42.0. The van der Waals surface area contributed by atoms with Crippen molar-refractivity contribution in [1.82, 2.24) is 34.3 Å². The van der Waals surface area contributed by atoms with Crippen LogP contribution in [0.1, 0.15) is 79.7 Å². The van der Waals surface area contributed by atoms with E-state index < -0.39 is 34.9 Å². The van der Waals surface area contributed by atoms with Gasteiger partial charge in [0.25, 0.3) is 5.56 Å². The smallest absolute Gasteiger partial charge is 0.343 e. The predicted molar refractivity (Wildman–Crippen MR) is 277 cm³/mol. The minimum absolute atomic E-state index is 0.0259. The number of piperazine rings is 1. The lowest BCUT2D eigenvalue weighted by atomic mass is 9.86. The molecule has 4 aromatic heterocycles. The Labute approximate surface area is 438 Å². The molecule has 77 heavy (non-hydrogen) atoms. The highest BCUT2D eigenvalue weighted by molar-refractivity contribution is 6.03. The number of aromatic nitrogens is 5. The third-order valence-electron chi connectivity index (χ3n) is 17.0. The molecule has 10 heterocycles. The maximum atomic E-state index is 17.4. The molecule has 4 saturated heterocycles. The first kappa shape index (κ1) is 48.8. The Kier molecular flexibility index (Phi) is 11.5. The second-order valence-corrected chi connectivity index (χ2v) is 21.1. The van der Waals surface area contributed by atoms with Crippen molar-refractivity contribution < 1.29 is 47.2 Å². The van der Waals surface area contributed by atoms with Gasteiger partial charge in [-0.2, -0.15) is 9.97 Å². The largest absolute Gasteiger partial charge is 0.508 e. The number of hydrogen-bond donors (Lipinski definition) is 3. The number of cyclic esters (lactones) is 1. The number of benzene rings is 3. The average molecular weight is 1050 g/mol. The Morgan fingerprint density at radius 2 is 1.82 bits per heavy atom. The first-order chi connectivity index (χ1) is 37.2. The molecule has 0 radical (unpaired) electrons. The van der Waals surface area contributed by atoms with E-state index in [1.54, 1.807) is 29.7 Å². The van der Waals surface area contributed by atoms with Crippen LogP contribution in [0.2, 0.25) is 0 Å². The molecule has 6 aliphatic heterocycles. The van der Waals surface area contributed by atoms with Crippen LogP contribution in [0.4, 0.5) is 19.0 Å². The summed E-state index contributed by atoms with van der Waals surface area (Å²) in [7, 11) is 0. The van der Waals surface area contributed by atoms with E-state index in [4.69, 9.17) is 36.3 Å². The Morgan fingerprint density at radius 3 is 2.60 bits per heavy atom. The summed E-state index contributed by atoms with van der Waals surface area (Å²) in [5.41, 5.74) is 6.71. The SMILES string of the molecule is C#Cc1c(F)ccc2cc(O)cc(-c3ncc4c(N5CC6CCC(C5)N6C(=O)CCOc5ccc6nc7c(c(CN)c6c5)Cn5c-7cc6c(c5=O)COC(=O)[C@]6(O)CC)nc(OC[C@@]56CCCN5C[C@H](F)C6)nc4c3F)c12. The number of alkyl halides is 1.